The number of benzene rings is 2. The van der Waals surface area contributed by atoms with Crippen molar-refractivity contribution in [2.45, 2.75) is 6.54 Å². The Kier molecular flexibility index (Phi) is 6.00. The maximum absolute atomic E-state index is 12.3. The van der Waals surface area contributed by atoms with Gasteiger partial charge in [-0.15, -0.1) is 0 Å². The smallest absolute Gasteiger partial charge is 0.253 e. The Morgan fingerprint density at radius 2 is 1.74 bits per heavy atom. The average molecular weight is 314 g/mol. The first-order valence-electron chi connectivity index (χ1n) is 7.46. The van der Waals surface area contributed by atoms with E-state index in [0.717, 1.165) is 5.56 Å². The molecule has 0 saturated carbocycles. The van der Waals surface area contributed by atoms with Gasteiger partial charge < -0.3 is 20.1 Å². The molecule has 0 bridgehead atoms. The lowest BCUT2D eigenvalue weighted by molar-refractivity contribution is 0.0773. The molecule has 2 rings (SSSR count). The molecule has 0 aromatic heterocycles. The Morgan fingerprint density at radius 1 is 1.09 bits per heavy atom. The van der Waals surface area contributed by atoms with Gasteiger partial charge in [0.1, 0.15) is 6.61 Å². The van der Waals surface area contributed by atoms with Crippen molar-refractivity contribution < 1.29 is 14.3 Å². The zero-order valence-electron chi connectivity index (χ0n) is 13.5. The fourth-order valence-corrected chi connectivity index (χ4v) is 2.14. The number of hydrogen-bond donors (Lipinski definition) is 1. The standard InChI is InChI=1S/C18H22N2O3/c1-20(18(21)15-9-7-14(13-19)8-10-15)11-12-23-17-6-4-3-5-16(17)22-2/h3-10H,11-13,19H2,1-2H3. The van der Waals surface area contributed by atoms with E-state index in [4.69, 9.17) is 15.2 Å². The van der Waals surface area contributed by atoms with E-state index in [2.05, 4.69) is 0 Å². The summed E-state index contributed by atoms with van der Waals surface area (Å²) in [6.07, 6.45) is 0. The zero-order chi connectivity index (χ0) is 16.7. The van der Waals surface area contributed by atoms with Crippen molar-refractivity contribution in [3.05, 3.63) is 59.7 Å². The SMILES string of the molecule is COc1ccccc1OCCN(C)C(=O)c1ccc(CN)cc1. The van der Waals surface area contributed by atoms with Gasteiger partial charge in [-0.2, -0.15) is 0 Å². The number of methoxy groups -OCH3 is 1. The van der Waals surface area contributed by atoms with E-state index < -0.39 is 0 Å². The number of carbonyl (C=O) groups is 1. The van der Waals surface area contributed by atoms with Crippen molar-refractivity contribution in [3.63, 3.8) is 0 Å². The Hall–Kier alpha value is -2.53. The lowest BCUT2D eigenvalue weighted by Gasteiger charge is -2.18. The third-order valence-electron chi connectivity index (χ3n) is 3.54. The first kappa shape index (κ1) is 16.8. The lowest BCUT2D eigenvalue weighted by atomic mass is 10.1. The van der Waals surface area contributed by atoms with E-state index in [1.54, 1.807) is 31.2 Å². The molecule has 122 valence electrons. The van der Waals surface area contributed by atoms with Gasteiger partial charge in [0, 0.05) is 19.2 Å². The van der Waals surface area contributed by atoms with Crippen molar-refractivity contribution >= 4 is 5.91 Å². The van der Waals surface area contributed by atoms with Crippen LogP contribution in [0, 0.1) is 0 Å². The quantitative estimate of drug-likeness (QED) is 0.852. The maximum Gasteiger partial charge on any atom is 0.253 e. The molecule has 2 aromatic rings. The van der Waals surface area contributed by atoms with Crippen LogP contribution in [0.25, 0.3) is 0 Å². The van der Waals surface area contributed by atoms with E-state index in [1.165, 1.54) is 0 Å². The molecule has 0 radical (unpaired) electrons. The van der Waals surface area contributed by atoms with Crippen molar-refractivity contribution in [2.75, 3.05) is 27.3 Å². The zero-order valence-corrected chi connectivity index (χ0v) is 13.5. The average Bonchev–Trinajstić information content (AvgIpc) is 2.61. The number of rotatable bonds is 7. The second kappa shape index (κ2) is 8.19. The monoisotopic (exact) mass is 314 g/mol. The van der Waals surface area contributed by atoms with Gasteiger partial charge in [-0.3, -0.25) is 4.79 Å². The van der Waals surface area contributed by atoms with Gasteiger partial charge in [0.05, 0.1) is 13.7 Å². The van der Waals surface area contributed by atoms with Crippen LogP contribution in [0.1, 0.15) is 15.9 Å². The number of nitrogens with two attached hydrogens (primary N) is 1. The number of hydrogen-bond acceptors (Lipinski definition) is 4. The van der Waals surface area contributed by atoms with Crippen LogP contribution in [0.15, 0.2) is 48.5 Å². The predicted octanol–water partition coefficient (Wildman–Crippen LogP) is 2.30. The summed E-state index contributed by atoms with van der Waals surface area (Å²) in [4.78, 5) is 14.0. The lowest BCUT2D eigenvalue weighted by Crippen LogP contribution is -2.30. The van der Waals surface area contributed by atoms with Crippen molar-refractivity contribution in [1.29, 1.82) is 0 Å². The molecular weight excluding hydrogens is 292 g/mol. The molecule has 5 nitrogen and oxygen atoms in total. The fourth-order valence-electron chi connectivity index (χ4n) is 2.14. The Morgan fingerprint density at radius 3 is 2.35 bits per heavy atom. The van der Waals surface area contributed by atoms with Crippen LogP contribution >= 0.6 is 0 Å². The number of ether oxygens (including phenoxy) is 2. The Bertz CT molecular complexity index is 641. The summed E-state index contributed by atoms with van der Waals surface area (Å²) in [6, 6.07) is 14.8. The number of amides is 1. The van der Waals surface area contributed by atoms with Crippen LogP contribution < -0.4 is 15.2 Å². The highest BCUT2D eigenvalue weighted by atomic mass is 16.5. The number of likely N-dealkylation sites (N-methyl/N-ethyl adjacent to an activating group) is 1. The van der Waals surface area contributed by atoms with Crippen LogP contribution in [-0.4, -0.2) is 38.1 Å². The largest absolute Gasteiger partial charge is 0.493 e. The van der Waals surface area contributed by atoms with Crippen molar-refractivity contribution in [1.82, 2.24) is 4.90 Å². The molecule has 0 atom stereocenters. The Labute approximate surface area is 136 Å². The summed E-state index contributed by atoms with van der Waals surface area (Å²) < 4.78 is 10.9. The first-order valence-corrected chi connectivity index (χ1v) is 7.46. The van der Waals surface area contributed by atoms with E-state index in [0.29, 0.717) is 36.8 Å². The topological polar surface area (TPSA) is 64.8 Å². The molecule has 0 fully saturated rings. The normalized spacial score (nSPS) is 10.2. The van der Waals surface area contributed by atoms with Crippen LogP contribution in [-0.2, 0) is 6.54 Å². The molecule has 0 aliphatic rings. The molecule has 0 aliphatic carbocycles. The van der Waals surface area contributed by atoms with Gasteiger partial charge >= 0.3 is 0 Å². The third kappa shape index (κ3) is 4.47. The van der Waals surface area contributed by atoms with E-state index >= 15 is 0 Å². The van der Waals surface area contributed by atoms with E-state index in [1.807, 2.05) is 36.4 Å². The molecule has 0 saturated heterocycles. The minimum Gasteiger partial charge on any atom is -0.493 e. The van der Waals surface area contributed by atoms with Crippen LogP contribution in [0.4, 0.5) is 0 Å². The number of nitrogens with zero attached hydrogens (tertiary/aromatic N) is 1. The van der Waals surface area contributed by atoms with Gasteiger partial charge in [0.2, 0.25) is 0 Å². The number of carbonyl (C=O) groups excluding carboxylic acids is 1. The summed E-state index contributed by atoms with van der Waals surface area (Å²) in [5.41, 5.74) is 7.20. The second-order valence-corrected chi connectivity index (χ2v) is 5.13. The summed E-state index contributed by atoms with van der Waals surface area (Å²) >= 11 is 0. The highest BCUT2D eigenvalue weighted by molar-refractivity contribution is 5.94. The maximum atomic E-state index is 12.3. The predicted molar refractivity (Wildman–Crippen MR) is 89.8 cm³/mol. The van der Waals surface area contributed by atoms with Crippen LogP contribution in [0.2, 0.25) is 0 Å². The molecule has 0 heterocycles. The summed E-state index contributed by atoms with van der Waals surface area (Å²) in [6.45, 7) is 1.34. The molecule has 0 aliphatic heterocycles. The fraction of sp³-hybridized carbons (Fsp3) is 0.278. The molecular formula is C18H22N2O3. The van der Waals surface area contributed by atoms with Gasteiger partial charge in [-0.25, -0.2) is 0 Å². The highest BCUT2D eigenvalue weighted by Gasteiger charge is 2.12. The molecule has 0 spiro atoms. The summed E-state index contributed by atoms with van der Waals surface area (Å²) in [5.74, 6) is 1.30. The summed E-state index contributed by atoms with van der Waals surface area (Å²) in [7, 11) is 3.35. The molecule has 2 aromatic carbocycles. The Balaban J connectivity index is 1.88. The summed E-state index contributed by atoms with van der Waals surface area (Å²) in [5, 5.41) is 0. The molecule has 2 N–H and O–H groups in total. The van der Waals surface area contributed by atoms with Gasteiger partial charge in [0.15, 0.2) is 11.5 Å². The number of para-hydroxylation sites is 2. The van der Waals surface area contributed by atoms with E-state index in [-0.39, 0.29) is 5.91 Å². The second-order valence-electron chi connectivity index (χ2n) is 5.13. The van der Waals surface area contributed by atoms with Gasteiger partial charge in [0.25, 0.3) is 5.91 Å². The first-order chi connectivity index (χ1) is 11.2. The van der Waals surface area contributed by atoms with Crippen LogP contribution in [0.3, 0.4) is 0 Å². The van der Waals surface area contributed by atoms with Gasteiger partial charge in [-0.1, -0.05) is 24.3 Å². The van der Waals surface area contributed by atoms with Gasteiger partial charge in [-0.05, 0) is 29.8 Å². The minimum absolute atomic E-state index is 0.0443. The molecule has 5 heteroatoms. The third-order valence-corrected chi connectivity index (χ3v) is 3.54. The molecule has 23 heavy (non-hydrogen) atoms. The molecule has 1 amide bonds. The van der Waals surface area contributed by atoms with Crippen LogP contribution in [0.5, 0.6) is 11.5 Å². The van der Waals surface area contributed by atoms with E-state index in [9.17, 15) is 4.79 Å². The minimum atomic E-state index is -0.0443. The molecule has 0 unspecified atom stereocenters. The van der Waals surface area contributed by atoms with Crippen molar-refractivity contribution in [2.24, 2.45) is 5.73 Å². The highest BCUT2D eigenvalue weighted by Crippen LogP contribution is 2.25. The van der Waals surface area contributed by atoms with Crippen molar-refractivity contribution in [3.8, 4) is 11.5 Å².